The first-order chi connectivity index (χ1) is 13.2. The lowest BCUT2D eigenvalue weighted by molar-refractivity contribution is -0.149. The fraction of sp³-hybridized carbons (Fsp3) is 0.905. The lowest BCUT2D eigenvalue weighted by Crippen LogP contribution is -2.46. The first-order valence-corrected chi connectivity index (χ1v) is 11.0. The molecule has 6 nitrogen and oxygen atoms in total. The van der Waals surface area contributed by atoms with Crippen LogP contribution in [0.25, 0.3) is 0 Å². The minimum absolute atomic E-state index is 0.0449. The van der Waals surface area contributed by atoms with Gasteiger partial charge in [-0.1, -0.05) is 19.3 Å². The van der Waals surface area contributed by atoms with Gasteiger partial charge in [0.05, 0.1) is 18.6 Å². The van der Waals surface area contributed by atoms with E-state index in [9.17, 15) is 4.79 Å². The minimum Gasteiger partial charge on any atom is -0.466 e. The van der Waals surface area contributed by atoms with E-state index in [0.717, 1.165) is 57.9 Å². The monoisotopic (exact) mass is 381 g/mol. The second-order valence-corrected chi connectivity index (χ2v) is 7.68. The Morgan fingerprint density at radius 2 is 1.81 bits per heavy atom. The number of piperidine rings is 1. The van der Waals surface area contributed by atoms with E-state index in [1.54, 1.807) is 0 Å². The van der Waals surface area contributed by atoms with Crippen LogP contribution in [0.4, 0.5) is 0 Å². The highest BCUT2D eigenvalue weighted by Crippen LogP contribution is 2.20. The van der Waals surface area contributed by atoms with Gasteiger partial charge in [-0.2, -0.15) is 0 Å². The Balaban J connectivity index is 1.52. The molecule has 2 aliphatic rings. The molecule has 1 saturated carbocycles. The van der Waals surface area contributed by atoms with Gasteiger partial charge in [0.15, 0.2) is 5.96 Å². The lowest BCUT2D eigenvalue weighted by atomic mass is 9.97. The van der Waals surface area contributed by atoms with Gasteiger partial charge in [0.1, 0.15) is 0 Å². The molecule has 0 aromatic carbocycles. The van der Waals surface area contributed by atoms with Crippen molar-refractivity contribution in [3.63, 3.8) is 0 Å². The largest absolute Gasteiger partial charge is 0.466 e. The van der Waals surface area contributed by atoms with Crippen molar-refractivity contribution in [3.05, 3.63) is 0 Å². The molecule has 0 amide bonds. The van der Waals surface area contributed by atoms with Crippen molar-refractivity contribution >= 4 is 11.9 Å². The lowest BCUT2D eigenvalue weighted by Gasteiger charge is -2.33. The number of hydrogen-bond donors (Lipinski definition) is 1. The summed E-state index contributed by atoms with van der Waals surface area (Å²) in [5.74, 6) is 0.953. The van der Waals surface area contributed by atoms with Crippen LogP contribution in [0.2, 0.25) is 0 Å². The van der Waals surface area contributed by atoms with Crippen LogP contribution in [0.3, 0.4) is 0 Å². The molecule has 0 radical (unpaired) electrons. The maximum atomic E-state index is 11.8. The number of nitrogens with one attached hydrogen (secondary N) is 1. The maximum absolute atomic E-state index is 11.8. The highest BCUT2D eigenvalue weighted by atomic mass is 16.5. The van der Waals surface area contributed by atoms with Gasteiger partial charge in [-0.3, -0.25) is 9.79 Å². The molecule has 1 aliphatic heterocycles. The molecule has 0 atom stereocenters. The Hall–Kier alpha value is -1.30. The number of nitrogens with zero attached hydrogens (tertiary/aromatic N) is 2. The van der Waals surface area contributed by atoms with Gasteiger partial charge in [-0.05, 0) is 51.9 Å². The van der Waals surface area contributed by atoms with Crippen LogP contribution in [0.15, 0.2) is 4.99 Å². The fourth-order valence-corrected chi connectivity index (χ4v) is 4.01. The van der Waals surface area contributed by atoms with Gasteiger partial charge in [0, 0.05) is 33.3 Å². The summed E-state index contributed by atoms with van der Waals surface area (Å²) in [7, 11) is 1.83. The zero-order chi connectivity index (χ0) is 19.3. The van der Waals surface area contributed by atoms with Crippen LogP contribution in [0, 0.1) is 5.92 Å². The zero-order valence-corrected chi connectivity index (χ0v) is 17.4. The highest BCUT2D eigenvalue weighted by molar-refractivity contribution is 5.80. The van der Waals surface area contributed by atoms with E-state index >= 15 is 0 Å². The molecule has 0 aromatic rings. The fourth-order valence-electron chi connectivity index (χ4n) is 4.01. The number of unbranched alkanes of at least 4 members (excludes halogenated alkanes) is 2. The first-order valence-electron chi connectivity index (χ1n) is 11.0. The summed E-state index contributed by atoms with van der Waals surface area (Å²) in [6.07, 6.45) is 12.2. The third-order valence-electron chi connectivity index (χ3n) is 5.64. The van der Waals surface area contributed by atoms with Gasteiger partial charge in [0.2, 0.25) is 0 Å². The van der Waals surface area contributed by atoms with Gasteiger partial charge in [-0.15, -0.1) is 0 Å². The van der Waals surface area contributed by atoms with E-state index in [4.69, 9.17) is 9.47 Å². The molecule has 0 unspecified atom stereocenters. The summed E-state index contributed by atoms with van der Waals surface area (Å²) in [5, 5.41) is 3.47. The molecule has 1 saturated heterocycles. The molecule has 1 aliphatic carbocycles. The van der Waals surface area contributed by atoms with Gasteiger partial charge in [0.25, 0.3) is 0 Å². The van der Waals surface area contributed by atoms with Crippen LogP contribution in [-0.2, 0) is 14.3 Å². The van der Waals surface area contributed by atoms with Gasteiger partial charge in [-0.25, -0.2) is 0 Å². The van der Waals surface area contributed by atoms with E-state index in [1.165, 1.54) is 38.5 Å². The number of aliphatic imine (C=N–C) groups is 1. The molecule has 0 aromatic heterocycles. The van der Waals surface area contributed by atoms with E-state index in [2.05, 4.69) is 15.2 Å². The summed E-state index contributed by atoms with van der Waals surface area (Å²) >= 11 is 0. The van der Waals surface area contributed by atoms with Crippen molar-refractivity contribution in [2.45, 2.75) is 77.2 Å². The molecule has 0 spiro atoms. The third kappa shape index (κ3) is 8.08. The molecule has 6 heteroatoms. The molecular formula is C21H39N3O3. The number of rotatable bonds is 9. The Kier molecular flexibility index (Phi) is 10.6. The van der Waals surface area contributed by atoms with Crippen LogP contribution in [0.1, 0.15) is 71.1 Å². The smallest absolute Gasteiger partial charge is 0.309 e. The van der Waals surface area contributed by atoms with Crippen LogP contribution < -0.4 is 5.32 Å². The number of likely N-dealkylation sites (tertiary alicyclic amines) is 1. The number of carbonyl (C=O) groups is 1. The second kappa shape index (κ2) is 13.0. The Labute approximate surface area is 165 Å². The molecular weight excluding hydrogens is 342 g/mol. The Morgan fingerprint density at radius 3 is 2.48 bits per heavy atom. The SMILES string of the molecule is CCOC(=O)C1CCN(C(=NC)NCCCCCOC2CCCCC2)CC1. The van der Waals surface area contributed by atoms with Crippen molar-refractivity contribution < 1.29 is 14.3 Å². The normalized spacial score (nSPS) is 19.9. The molecule has 27 heavy (non-hydrogen) atoms. The van der Waals surface area contributed by atoms with E-state index in [-0.39, 0.29) is 11.9 Å². The summed E-state index contributed by atoms with van der Waals surface area (Å²) in [4.78, 5) is 18.5. The van der Waals surface area contributed by atoms with Crippen LogP contribution >= 0.6 is 0 Å². The highest BCUT2D eigenvalue weighted by Gasteiger charge is 2.27. The van der Waals surface area contributed by atoms with Crippen molar-refractivity contribution in [3.8, 4) is 0 Å². The van der Waals surface area contributed by atoms with Gasteiger partial charge >= 0.3 is 5.97 Å². The standard InChI is InChI=1S/C21H39N3O3/c1-3-26-20(25)18-12-15-24(16-13-18)21(22-2)23-14-8-5-9-17-27-19-10-6-4-7-11-19/h18-19H,3-17H2,1-2H3,(H,22,23). The molecule has 2 fully saturated rings. The zero-order valence-electron chi connectivity index (χ0n) is 17.4. The maximum Gasteiger partial charge on any atom is 0.309 e. The third-order valence-corrected chi connectivity index (χ3v) is 5.64. The minimum atomic E-state index is -0.0458. The topological polar surface area (TPSA) is 63.2 Å². The number of ether oxygens (including phenoxy) is 2. The van der Waals surface area contributed by atoms with Crippen molar-refractivity contribution in [1.29, 1.82) is 0 Å². The molecule has 0 bridgehead atoms. The van der Waals surface area contributed by atoms with E-state index < -0.39 is 0 Å². The molecule has 1 heterocycles. The second-order valence-electron chi connectivity index (χ2n) is 7.68. The van der Waals surface area contributed by atoms with Crippen molar-refractivity contribution in [2.75, 3.05) is 39.9 Å². The average molecular weight is 382 g/mol. The predicted molar refractivity (Wildman–Crippen MR) is 109 cm³/mol. The van der Waals surface area contributed by atoms with E-state index in [0.29, 0.717) is 12.7 Å². The Morgan fingerprint density at radius 1 is 1.07 bits per heavy atom. The van der Waals surface area contributed by atoms with Gasteiger partial charge < -0.3 is 19.7 Å². The van der Waals surface area contributed by atoms with Crippen molar-refractivity contribution in [2.24, 2.45) is 10.9 Å². The quantitative estimate of drug-likeness (QED) is 0.287. The first kappa shape index (κ1) is 22.0. The molecule has 1 N–H and O–H groups in total. The summed E-state index contributed by atoms with van der Waals surface area (Å²) in [6, 6.07) is 0. The van der Waals surface area contributed by atoms with Crippen molar-refractivity contribution in [1.82, 2.24) is 10.2 Å². The van der Waals surface area contributed by atoms with Crippen LogP contribution in [0.5, 0.6) is 0 Å². The number of hydrogen-bond acceptors (Lipinski definition) is 4. The number of guanidine groups is 1. The number of carbonyl (C=O) groups excluding carboxylic acids is 1. The predicted octanol–water partition coefficient (Wildman–Crippen LogP) is 3.36. The number of esters is 1. The molecule has 2 rings (SSSR count). The summed E-state index contributed by atoms with van der Waals surface area (Å²) < 4.78 is 11.1. The molecule has 156 valence electrons. The summed E-state index contributed by atoms with van der Waals surface area (Å²) in [6.45, 7) is 5.89. The van der Waals surface area contributed by atoms with Crippen LogP contribution in [-0.4, -0.2) is 62.8 Å². The summed E-state index contributed by atoms with van der Waals surface area (Å²) in [5.41, 5.74) is 0. The Bertz CT molecular complexity index is 442. The van der Waals surface area contributed by atoms with E-state index in [1.807, 2.05) is 14.0 Å². The average Bonchev–Trinajstić information content (AvgIpc) is 2.71.